The van der Waals surface area contributed by atoms with E-state index >= 15 is 0 Å². The van der Waals surface area contributed by atoms with Crippen LogP contribution in [-0.2, 0) is 12.1 Å². The summed E-state index contributed by atoms with van der Waals surface area (Å²) in [4.78, 5) is 33.0. The number of hydrogen-bond acceptors (Lipinski definition) is 5. The lowest BCUT2D eigenvalue weighted by Gasteiger charge is -2.27. The van der Waals surface area contributed by atoms with Gasteiger partial charge in [-0.15, -0.1) is 0 Å². The lowest BCUT2D eigenvalue weighted by molar-refractivity contribution is 0.0911. The molecule has 0 bridgehead atoms. The standard InChI is InChI=1S/C22H23N5O2/c1-22(2,16-9-4-3-5-10-16)27-21(29)15-8-6-7-14(11-15)18-13-25-17(12-23)19(26-18)20(24)28/h3-11,13H,12,23H2,1-2H3,(H2,24,28)(H,27,29). The summed E-state index contributed by atoms with van der Waals surface area (Å²) in [7, 11) is 0. The largest absolute Gasteiger partial charge is 0.364 e. The summed E-state index contributed by atoms with van der Waals surface area (Å²) in [5, 5.41) is 3.05. The van der Waals surface area contributed by atoms with Crippen molar-refractivity contribution >= 4 is 11.8 Å². The van der Waals surface area contributed by atoms with Crippen LogP contribution in [0.2, 0.25) is 0 Å². The molecule has 0 unspecified atom stereocenters. The van der Waals surface area contributed by atoms with Crippen molar-refractivity contribution in [3.05, 3.63) is 83.3 Å². The van der Waals surface area contributed by atoms with Crippen molar-refractivity contribution in [1.82, 2.24) is 15.3 Å². The number of nitrogens with two attached hydrogens (primary N) is 2. The van der Waals surface area contributed by atoms with E-state index in [2.05, 4.69) is 15.3 Å². The Bertz CT molecular complexity index is 1050. The molecule has 0 aliphatic carbocycles. The van der Waals surface area contributed by atoms with Crippen molar-refractivity contribution in [2.24, 2.45) is 11.5 Å². The summed E-state index contributed by atoms with van der Waals surface area (Å²) in [5.41, 5.74) is 13.3. The molecule has 0 spiro atoms. The highest BCUT2D eigenvalue weighted by Crippen LogP contribution is 2.22. The molecule has 0 fully saturated rings. The molecule has 2 aromatic carbocycles. The van der Waals surface area contributed by atoms with Gasteiger partial charge >= 0.3 is 0 Å². The summed E-state index contributed by atoms with van der Waals surface area (Å²) in [6.45, 7) is 3.95. The molecule has 29 heavy (non-hydrogen) atoms. The minimum absolute atomic E-state index is 0.0325. The molecule has 0 saturated carbocycles. The zero-order chi connectivity index (χ0) is 21.0. The summed E-state index contributed by atoms with van der Waals surface area (Å²) in [6, 6.07) is 16.7. The van der Waals surface area contributed by atoms with Gasteiger partial charge in [0.15, 0.2) is 5.69 Å². The fourth-order valence-electron chi connectivity index (χ4n) is 3.00. The fraction of sp³-hybridized carbons (Fsp3) is 0.182. The first kappa shape index (κ1) is 20.2. The topological polar surface area (TPSA) is 124 Å². The summed E-state index contributed by atoms with van der Waals surface area (Å²) in [6.07, 6.45) is 1.51. The number of carbonyl (C=O) groups excluding carboxylic acids is 2. The molecular formula is C22H23N5O2. The van der Waals surface area contributed by atoms with Crippen molar-refractivity contribution in [1.29, 1.82) is 0 Å². The minimum atomic E-state index is -0.696. The SMILES string of the molecule is CC(C)(NC(=O)c1cccc(-c2cnc(CN)c(C(N)=O)n2)c1)c1ccccc1. The second-order valence-corrected chi connectivity index (χ2v) is 7.14. The summed E-state index contributed by atoms with van der Waals surface area (Å²) < 4.78 is 0. The molecule has 0 saturated heterocycles. The van der Waals surface area contributed by atoms with Gasteiger partial charge in [-0.05, 0) is 31.5 Å². The summed E-state index contributed by atoms with van der Waals surface area (Å²) >= 11 is 0. The van der Waals surface area contributed by atoms with Crippen molar-refractivity contribution in [2.75, 3.05) is 0 Å². The van der Waals surface area contributed by atoms with E-state index < -0.39 is 11.4 Å². The maximum absolute atomic E-state index is 12.9. The second-order valence-electron chi connectivity index (χ2n) is 7.14. The Morgan fingerprint density at radius 3 is 2.45 bits per heavy atom. The number of amides is 2. The van der Waals surface area contributed by atoms with Crippen LogP contribution in [0.4, 0.5) is 0 Å². The molecule has 0 aliphatic rings. The van der Waals surface area contributed by atoms with Gasteiger partial charge in [-0.1, -0.05) is 42.5 Å². The zero-order valence-corrected chi connectivity index (χ0v) is 16.3. The number of primary amides is 1. The van der Waals surface area contributed by atoms with Crippen LogP contribution in [0.3, 0.4) is 0 Å². The van der Waals surface area contributed by atoms with Gasteiger partial charge in [-0.3, -0.25) is 14.6 Å². The molecular weight excluding hydrogens is 366 g/mol. The zero-order valence-electron chi connectivity index (χ0n) is 16.3. The number of rotatable bonds is 6. The monoisotopic (exact) mass is 389 g/mol. The Labute approximate surface area is 169 Å². The van der Waals surface area contributed by atoms with Gasteiger partial charge in [0.25, 0.3) is 11.8 Å². The van der Waals surface area contributed by atoms with Gasteiger partial charge in [-0.25, -0.2) is 4.98 Å². The van der Waals surface area contributed by atoms with E-state index in [1.807, 2.05) is 44.2 Å². The first-order valence-corrected chi connectivity index (χ1v) is 9.16. The molecule has 3 rings (SSSR count). The van der Waals surface area contributed by atoms with Crippen LogP contribution in [0, 0.1) is 0 Å². The number of hydrogen-bond donors (Lipinski definition) is 3. The lowest BCUT2D eigenvalue weighted by Crippen LogP contribution is -2.40. The Balaban J connectivity index is 1.89. The van der Waals surface area contributed by atoms with Crippen molar-refractivity contribution in [2.45, 2.75) is 25.9 Å². The molecule has 5 N–H and O–H groups in total. The van der Waals surface area contributed by atoms with Gasteiger partial charge in [0.2, 0.25) is 0 Å². The van der Waals surface area contributed by atoms with E-state index in [0.717, 1.165) is 5.56 Å². The number of aromatic nitrogens is 2. The fourth-order valence-corrected chi connectivity index (χ4v) is 3.00. The number of benzene rings is 2. The average molecular weight is 389 g/mol. The van der Waals surface area contributed by atoms with E-state index in [4.69, 9.17) is 11.5 Å². The van der Waals surface area contributed by atoms with Crippen molar-refractivity contribution < 1.29 is 9.59 Å². The molecule has 1 heterocycles. The maximum atomic E-state index is 12.9. The predicted molar refractivity (Wildman–Crippen MR) is 111 cm³/mol. The van der Waals surface area contributed by atoms with Gasteiger partial charge in [0.1, 0.15) is 0 Å². The van der Waals surface area contributed by atoms with Crippen LogP contribution in [0.5, 0.6) is 0 Å². The van der Waals surface area contributed by atoms with Crippen LogP contribution in [0.1, 0.15) is 46.0 Å². The summed E-state index contributed by atoms with van der Waals surface area (Å²) in [5.74, 6) is -0.916. The Kier molecular flexibility index (Phi) is 5.70. The van der Waals surface area contributed by atoms with Gasteiger partial charge in [0, 0.05) is 17.7 Å². The Hall–Kier alpha value is -3.58. The third-order valence-corrected chi connectivity index (χ3v) is 4.62. The second kappa shape index (κ2) is 8.20. The molecule has 7 heteroatoms. The van der Waals surface area contributed by atoms with Crippen LogP contribution >= 0.6 is 0 Å². The van der Waals surface area contributed by atoms with Crippen molar-refractivity contribution in [3.63, 3.8) is 0 Å². The Morgan fingerprint density at radius 2 is 1.79 bits per heavy atom. The minimum Gasteiger partial charge on any atom is -0.364 e. The van der Waals surface area contributed by atoms with Crippen LogP contribution < -0.4 is 16.8 Å². The smallest absolute Gasteiger partial charge is 0.269 e. The highest BCUT2D eigenvalue weighted by molar-refractivity contribution is 5.96. The molecule has 2 amide bonds. The normalized spacial score (nSPS) is 11.1. The van der Waals surface area contributed by atoms with E-state index in [1.54, 1.807) is 24.3 Å². The predicted octanol–water partition coefficient (Wildman–Crippen LogP) is 2.37. The lowest BCUT2D eigenvalue weighted by atomic mass is 9.94. The van der Waals surface area contributed by atoms with Crippen molar-refractivity contribution in [3.8, 4) is 11.3 Å². The first-order valence-electron chi connectivity index (χ1n) is 9.16. The molecule has 3 aromatic rings. The number of carbonyl (C=O) groups is 2. The molecule has 0 atom stereocenters. The van der Waals surface area contributed by atoms with Gasteiger partial charge < -0.3 is 16.8 Å². The van der Waals surface area contributed by atoms with E-state index in [9.17, 15) is 9.59 Å². The van der Waals surface area contributed by atoms with Crippen LogP contribution in [0.25, 0.3) is 11.3 Å². The van der Waals surface area contributed by atoms with Gasteiger partial charge in [0.05, 0.1) is 23.1 Å². The third kappa shape index (κ3) is 4.47. The third-order valence-electron chi connectivity index (χ3n) is 4.62. The molecule has 0 aliphatic heterocycles. The Morgan fingerprint density at radius 1 is 1.07 bits per heavy atom. The highest BCUT2D eigenvalue weighted by atomic mass is 16.2. The quantitative estimate of drug-likeness (QED) is 0.597. The van der Waals surface area contributed by atoms with Crippen LogP contribution in [0.15, 0.2) is 60.8 Å². The average Bonchev–Trinajstić information content (AvgIpc) is 2.73. The van der Waals surface area contributed by atoms with Gasteiger partial charge in [-0.2, -0.15) is 0 Å². The van der Waals surface area contributed by atoms with E-state index in [0.29, 0.717) is 22.5 Å². The molecule has 148 valence electrons. The highest BCUT2D eigenvalue weighted by Gasteiger charge is 2.23. The molecule has 7 nitrogen and oxygen atoms in total. The van der Waals surface area contributed by atoms with Crippen LogP contribution in [-0.4, -0.2) is 21.8 Å². The first-order chi connectivity index (χ1) is 13.8. The van der Waals surface area contributed by atoms with E-state index in [-0.39, 0.29) is 18.1 Å². The number of nitrogens with zero attached hydrogens (tertiary/aromatic N) is 2. The maximum Gasteiger partial charge on any atom is 0.269 e. The van der Waals surface area contributed by atoms with E-state index in [1.165, 1.54) is 6.20 Å². The molecule has 0 radical (unpaired) electrons. The number of nitrogens with one attached hydrogen (secondary N) is 1. The molecule has 1 aromatic heterocycles.